The van der Waals surface area contributed by atoms with Gasteiger partial charge in [-0.15, -0.1) is 35.6 Å². The molecular formula is C21H36Cl3N3O4. The fourth-order valence-corrected chi connectivity index (χ4v) is 3.39. The summed E-state index contributed by atoms with van der Waals surface area (Å²) in [5, 5.41) is 2.75. The predicted molar refractivity (Wildman–Crippen MR) is 131 cm³/mol. The van der Waals surface area contributed by atoms with Gasteiger partial charge >= 0.3 is 5.97 Å². The third kappa shape index (κ3) is 11.8. The smallest absolute Gasteiger partial charge is 0.328 e. The van der Waals surface area contributed by atoms with Gasteiger partial charge in [0.2, 0.25) is 5.91 Å². The highest BCUT2D eigenvalue weighted by Crippen LogP contribution is 2.17. The Labute approximate surface area is 201 Å². The Morgan fingerprint density at radius 3 is 2.13 bits per heavy atom. The number of carbonyl (C=O) groups excluding carboxylic acids is 2. The highest BCUT2D eigenvalue weighted by molar-refractivity contribution is 6.18. The van der Waals surface area contributed by atoms with Crippen LogP contribution in [0.15, 0.2) is 24.3 Å². The summed E-state index contributed by atoms with van der Waals surface area (Å²) in [6, 6.07) is 6.34. The average molecular weight is 501 g/mol. The normalized spacial score (nSPS) is 12.2. The Morgan fingerprint density at radius 1 is 1.13 bits per heavy atom. The molecule has 1 amide bonds. The van der Waals surface area contributed by atoms with Crippen LogP contribution in [0.2, 0.25) is 0 Å². The Balaban J connectivity index is 0. The molecule has 0 aliphatic heterocycles. The molecule has 0 aromatic heterocycles. The Bertz CT molecular complexity index is 627. The number of alkyl halides is 2. The number of nitrogens with zero attached hydrogens (tertiary/aromatic N) is 1. The van der Waals surface area contributed by atoms with Crippen molar-refractivity contribution in [1.82, 2.24) is 5.32 Å². The van der Waals surface area contributed by atoms with E-state index < -0.39 is 18.1 Å². The Hall–Kier alpha value is -1.25. The van der Waals surface area contributed by atoms with Crippen molar-refractivity contribution in [3.8, 4) is 0 Å². The van der Waals surface area contributed by atoms with Crippen molar-refractivity contribution in [2.45, 2.75) is 45.7 Å². The van der Waals surface area contributed by atoms with E-state index in [0.717, 1.165) is 11.3 Å². The van der Waals surface area contributed by atoms with Gasteiger partial charge in [-0.1, -0.05) is 26.0 Å². The van der Waals surface area contributed by atoms with Crippen molar-refractivity contribution < 1.29 is 19.8 Å². The van der Waals surface area contributed by atoms with Crippen LogP contribution in [0.5, 0.6) is 0 Å². The lowest BCUT2D eigenvalue weighted by Crippen LogP contribution is -2.50. The summed E-state index contributed by atoms with van der Waals surface area (Å²) >= 11 is 11.7. The number of halogens is 3. The van der Waals surface area contributed by atoms with Gasteiger partial charge in [0.25, 0.3) is 0 Å². The van der Waals surface area contributed by atoms with Gasteiger partial charge in [-0.3, -0.25) is 4.79 Å². The maximum Gasteiger partial charge on any atom is 0.328 e. The van der Waals surface area contributed by atoms with Crippen LogP contribution in [0, 0.1) is 5.92 Å². The predicted octanol–water partition coefficient (Wildman–Crippen LogP) is 2.53. The molecule has 0 aliphatic carbocycles. The lowest BCUT2D eigenvalue weighted by molar-refractivity contribution is -0.147. The van der Waals surface area contributed by atoms with Gasteiger partial charge in [0.05, 0.1) is 12.6 Å². The largest absolute Gasteiger partial charge is 0.464 e. The Morgan fingerprint density at radius 2 is 1.68 bits per heavy atom. The van der Waals surface area contributed by atoms with Gasteiger partial charge in [-0.2, -0.15) is 0 Å². The molecule has 180 valence electrons. The second kappa shape index (κ2) is 17.3. The number of nitrogens with one attached hydrogen (secondary N) is 1. The van der Waals surface area contributed by atoms with Crippen LogP contribution in [-0.4, -0.2) is 60.9 Å². The first-order chi connectivity index (χ1) is 13.8. The summed E-state index contributed by atoms with van der Waals surface area (Å²) in [4.78, 5) is 26.9. The molecule has 1 aromatic carbocycles. The molecule has 0 heterocycles. The summed E-state index contributed by atoms with van der Waals surface area (Å²) in [6.07, 6.45) is 0.872. The molecule has 0 fully saturated rings. The number of amides is 1. The molecule has 0 bridgehead atoms. The maximum absolute atomic E-state index is 12.4. The van der Waals surface area contributed by atoms with Gasteiger partial charge in [0.15, 0.2) is 0 Å². The van der Waals surface area contributed by atoms with E-state index in [1.54, 1.807) is 6.92 Å². The number of rotatable bonds is 13. The third-order valence-corrected chi connectivity index (χ3v) is 4.74. The fraction of sp³-hybridized carbons (Fsp3) is 0.619. The van der Waals surface area contributed by atoms with Crippen LogP contribution < -0.4 is 16.0 Å². The summed E-state index contributed by atoms with van der Waals surface area (Å²) in [6.45, 7) is 7.36. The van der Waals surface area contributed by atoms with Crippen molar-refractivity contribution in [3.05, 3.63) is 29.8 Å². The number of benzene rings is 1. The van der Waals surface area contributed by atoms with E-state index in [1.807, 2.05) is 38.1 Å². The summed E-state index contributed by atoms with van der Waals surface area (Å²) in [7, 11) is 0. The first kappa shape index (κ1) is 31.9. The summed E-state index contributed by atoms with van der Waals surface area (Å²) in [5.41, 5.74) is 7.86. The van der Waals surface area contributed by atoms with E-state index in [0.29, 0.717) is 37.7 Å². The third-order valence-electron chi connectivity index (χ3n) is 4.40. The molecule has 0 aliphatic rings. The quantitative estimate of drug-likeness (QED) is 0.319. The van der Waals surface area contributed by atoms with Gasteiger partial charge in [0.1, 0.15) is 6.04 Å². The molecule has 0 radical (unpaired) electrons. The van der Waals surface area contributed by atoms with Crippen molar-refractivity contribution in [3.63, 3.8) is 0 Å². The van der Waals surface area contributed by atoms with E-state index in [2.05, 4.69) is 10.2 Å². The standard InChI is InChI=1S/C21H33Cl2N3O3.ClH.H2O/c1-4-29-21(28)19(25-20(27)18(24)13-15(2)3)14-16-5-7-17(8-6-16)26(11-9-22)12-10-23;;/h5-8,15,18-19H,4,9-14,24H2,1-3H3,(H,25,27);1H;1H2/t18-,19-;;/m0../s1. The SMILES string of the molecule is CCOC(=O)[C@H](Cc1ccc(N(CCCl)CCCl)cc1)NC(=O)[C@@H](N)CC(C)C.Cl.O. The van der Waals surface area contributed by atoms with Crippen LogP contribution in [0.25, 0.3) is 0 Å². The highest BCUT2D eigenvalue weighted by atomic mass is 35.5. The second-order valence-corrected chi connectivity index (χ2v) is 8.04. The first-order valence-electron chi connectivity index (χ1n) is 10.0. The van der Waals surface area contributed by atoms with E-state index in [4.69, 9.17) is 33.7 Å². The lowest BCUT2D eigenvalue weighted by Gasteiger charge is -2.24. The summed E-state index contributed by atoms with van der Waals surface area (Å²) in [5.74, 6) is 0.489. The number of ether oxygens (including phenoxy) is 1. The van der Waals surface area contributed by atoms with Crippen LogP contribution in [0.4, 0.5) is 5.69 Å². The van der Waals surface area contributed by atoms with Gasteiger partial charge in [-0.05, 0) is 37.0 Å². The van der Waals surface area contributed by atoms with Crippen molar-refractivity contribution >= 4 is 53.2 Å². The highest BCUT2D eigenvalue weighted by Gasteiger charge is 2.25. The zero-order valence-corrected chi connectivity index (χ0v) is 20.7. The van der Waals surface area contributed by atoms with Crippen LogP contribution in [-0.2, 0) is 20.7 Å². The molecule has 1 aromatic rings. The summed E-state index contributed by atoms with van der Waals surface area (Å²) < 4.78 is 5.13. The van der Waals surface area contributed by atoms with E-state index in [-0.39, 0.29) is 36.3 Å². The minimum atomic E-state index is -0.784. The first-order valence-corrected chi connectivity index (χ1v) is 11.1. The van der Waals surface area contributed by atoms with Gasteiger partial charge in [-0.25, -0.2) is 4.79 Å². The van der Waals surface area contributed by atoms with E-state index >= 15 is 0 Å². The maximum atomic E-state index is 12.4. The molecule has 0 saturated heterocycles. The van der Waals surface area contributed by atoms with Crippen molar-refractivity contribution in [2.24, 2.45) is 11.7 Å². The molecule has 10 heteroatoms. The molecule has 1 rings (SSSR count). The van der Waals surface area contributed by atoms with Crippen molar-refractivity contribution in [1.29, 1.82) is 0 Å². The minimum absolute atomic E-state index is 0. The van der Waals surface area contributed by atoms with Gasteiger partial charge in [0, 0.05) is 37.0 Å². The number of anilines is 1. The zero-order valence-electron chi connectivity index (χ0n) is 18.4. The lowest BCUT2D eigenvalue weighted by atomic mass is 10.0. The number of hydrogen-bond donors (Lipinski definition) is 2. The molecule has 7 nitrogen and oxygen atoms in total. The van der Waals surface area contributed by atoms with Crippen LogP contribution in [0.1, 0.15) is 32.8 Å². The number of nitrogens with two attached hydrogens (primary N) is 1. The molecule has 0 saturated carbocycles. The number of hydrogen-bond acceptors (Lipinski definition) is 5. The molecular weight excluding hydrogens is 465 g/mol. The molecule has 0 unspecified atom stereocenters. The zero-order chi connectivity index (χ0) is 21.8. The second-order valence-electron chi connectivity index (χ2n) is 7.28. The Kier molecular flexibility index (Phi) is 17.8. The molecule has 0 spiro atoms. The van der Waals surface area contributed by atoms with Crippen LogP contribution in [0.3, 0.4) is 0 Å². The monoisotopic (exact) mass is 499 g/mol. The average Bonchev–Trinajstić information content (AvgIpc) is 2.67. The molecule has 5 N–H and O–H groups in total. The topological polar surface area (TPSA) is 116 Å². The minimum Gasteiger partial charge on any atom is -0.464 e. The van der Waals surface area contributed by atoms with Crippen molar-refractivity contribution in [2.75, 3.05) is 36.4 Å². The molecule has 2 atom stereocenters. The van der Waals surface area contributed by atoms with Crippen LogP contribution >= 0.6 is 35.6 Å². The van der Waals surface area contributed by atoms with E-state index in [9.17, 15) is 9.59 Å². The van der Waals surface area contributed by atoms with Gasteiger partial charge < -0.3 is 26.2 Å². The number of carbonyl (C=O) groups is 2. The number of esters is 1. The van der Waals surface area contributed by atoms with E-state index in [1.165, 1.54) is 0 Å². The fourth-order valence-electron chi connectivity index (χ4n) is 2.98. The molecule has 31 heavy (non-hydrogen) atoms.